The van der Waals surface area contributed by atoms with Crippen molar-refractivity contribution in [3.8, 4) is 11.4 Å². The molecule has 0 bridgehead atoms. The molecular weight excluding hydrogens is 408 g/mol. The van der Waals surface area contributed by atoms with E-state index in [4.69, 9.17) is 23.8 Å². The molecule has 1 aliphatic rings. The number of nitrogens with one attached hydrogen (secondary N) is 1. The lowest BCUT2D eigenvalue weighted by molar-refractivity contribution is -0.133. The van der Waals surface area contributed by atoms with Gasteiger partial charge in [0.2, 0.25) is 5.91 Å². The van der Waals surface area contributed by atoms with E-state index >= 15 is 0 Å². The molecule has 4 rings (SSSR count). The van der Waals surface area contributed by atoms with Crippen molar-refractivity contribution in [1.29, 1.82) is 0 Å². The van der Waals surface area contributed by atoms with Gasteiger partial charge in [-0.1, -0.05) is 17.7 Å². The highest BCUT2D eigenvalue weighted by Crippen LogP contribution is 2.20. The van der Waals surface area contributed by atoms with Gasteiger partial charge in [0.1, 0.15) is 6.54 Å². The number of H-pyrrole nitrogens is 1. The van der Waals surface area contributed by atoms with Gasteiger partial charge in [-0.3, -0.25) is 24.3 Å². The van der Waals surface area contributed by atoms with Crippen LogP contribution in [-0.4, -0.2) is 61.6 Å². The van der Waals surface area contributed by atoms with Crippen LogP contribution in [0.1, 0.15) is 5.56 Å². The quantitative estimate of drug-likeness (QED) is 0.632. The molecule has 29 heavy (non-hydrogen) atoms. The fourth-order valence-corrected chi connectivity index (χ4v) is 3.75. The maximum absolute atomic E-state index is 12.9. The van der Waals surface area contributed by atoms with E-state index in [0.717, 1.165) is 25.2 Å². The second kappa shape index (κ2) is 8.86. The van der Waals surface area contributed by atoms with Crippen LogP contribution < -0.4 is 0 Å². The predicted molar refractivity (Wildman–Crippen MR) is 114 cm³/mol. The lowest BCUT2D eigenvalue weighted by atomic mass is 10.2. The number of hydrogen-bond acceptors (Lipinski definition) is 5. The normalized spacial score (nSPS) is 14.9. The molecule has 3 heterocycles. The van der Waals surface area contributed by atoms with Crippen LogP contribution in [0.4, 0.5) is 0 Å². The molecular formula is C20H21ClN6OS. The number of aromatic amines is 1. The first-order valence-corrected chi connectivity index (χ1v) is 10.2. The maximum Gasteiger partial charge on any atom is 0.242 e. The molecule has 150 valence electrons. The van der Waals surface area contributed by atoms with Crippen LogP contribution in [0.25, 0.3) is 11.4 Å². The monoisotopic (exact) mass is 428 g/mol. The summed E-state index contributed by atoms with van der Waals surface area (Å²) in [6.45, 7) is 4.07. The Morgan fingerprint density at radius 3 is 2.59 bits per heavy atom. The molecule has 1 aromatic carbocycles. The van der Waals surface area contributed by atoms with Gasteiger partial charge in [0.25, 0.3) is 0 Å². The van der Waals surface area contributed by atoms with Crippen LogP contribution in [0.15, 0.2) is 48.8 Å². The molecule has 1 fully saturated rings. The Balaban J connectivity index is 1.39. The smallest absolute Gasteiger partial charge is 0.242 e. The zero-order valence-electron chi connectivity index (χ0n) is 15.8. The van der Waals surface area contributed by atoms with Gasteiger partial charge in [-0.15, -0.1) is 0 Å². The van der Waals surface area contributed by atoms with E-state index in [1.54, 1.807) is 22.9 Å². The zero-order valence-corrected chi connectivity index (χ0v) is 17.4. The van der Waals surface area contributed by atoms with Crippen LogP contribution in [-0.2, 0) is 17.9 Å². The van der Waals surface area contributed by atoms with E-state index in [1.165, 1.54) is 5.56 Å². The number of aromatic nitrogens is 4. The van der Waals surface area contributed by atoms with Gasteiger partial charge in [0, 0.05) is 55.7 Å². The molecule has 1 amide bonds. The van der Waals surface area contributed by atoms with Crippen molar-refractivity contribution < 1.29 is 4.79 Å². The Hall–Kier alpha value is -2.55. The molecule has 0 saturated carbocycles. The van der Waals surface area contributed by atoms with Crippen LogP contribution in [0, 0.1) is 4.77 Å². The second-order valence-electron chi connectivity index (χ2n) is 6.96. The molecule has 7 nitrogen and oxygen atoms in total. The van der Waals surface area contributed by atoms with E-state index < -0.39 is 0 Å². The number of carbonyl (C=O) groups is 1. The number of nitrogens with zero attached hydrogens (tertiary/aromatic N) is 5. The van der Waals surface area contributed by atoms with Crippen molar-refractivity contribution in [3.05, 3.63) is 64.1 Å². The third kappa shape index (κ3) is 4.72. The molecule has 1 saturated heterocycles. The molecule has 0 spiro atoms. The van der Waals surface area contributed by atoms with E-state index in [0.29, 0.717) is 28.7 Å². The topological polar surface area (TPSA) is 70.1 Å². The number of benzene rings is 1. The van der Waals surface area contributed by atoms with Gasteiger partial charge < -0.3 is 4.90 Å². The third-order valence-electron chi connectivity index (χ3n) is 5.01. The summed E-state index contributed by atoms with van der Waals surface area (Å²) in [5.74, 6) is 0.675. The fraction of sp³-hybridized carbons (Fsp3) is 0.300. The highest BCUT2D eigenvalue weighted by Gasteiger charge is 2.22. The van der Waals surface area contributed by atoms with Gasteiger partial charge in [0.05, 0.1) is 0 Å². The van der Waals surface area contributed by atoms with Crippen LogP contribution in [0.5, 0.6) is 0 Å². The minimum absolute atomic E-state index is 0.0405. The van der Waals surface area contributed by atoms with Gasteiger partial charge in [0.15, 0.2) is 10.6 Å². The number of rotatable bonds is 5. The number of hydrogen-bond donors (Lipinski definition) is 1. The average molecular weight is 429 g/mol. The predicted octanol–water partition coefficient (Wildman–Crippen LogP) is 3.00. The molecule has 9 heteroatoms. The number of amides is 1. The number of piperazine rings is 1. The van der Waals surface area contributed by atoms with Crippen molar-refractivity contribution in [1.82, 2.24) is 29.5 Å². The van der Waals surface area contributed by atoms with E-state index in [1.807, 2.05) is 29.3 Å². The minimum atomic E-state index is 0.0405. The van der Waals surface area contributed by atoms with Gasteiger partial charge in [-0.25, -0.2) is 0 Å². The Labute approximate surface area is 178 Å². The maximum atomic E-state index is 12.9. The lowest BCUT2D eigenvalue weighted by Gasteiger charge is -2.34. The second-order valence-corrected chi connectivity index (χ2v) is 7.79. The van der Waals surface area contributed by atoms with Gasteiger partial charge in [-0.05, 0) is 48.1 Å². The standard InChI is InChI=1S/C20H21ClN6OS/c21-17-5-3-16(4-6-17)19-23-24-20(29)27(19)14-18(28)26-10-8-25(9-11-26)13-15-2-1-7-22-12-15/h1-7,12H,8-11,13-14H2,(H,24,29). The molecule has 0 radical (unpaired) electrons. The van der Waals surface area contributed by atoms with E-state index in [9.17, 15) is 4.79 Å². The first-order valence-electron chi connectivity index (χ1n) is 9.40. The van der Waals surface area contributed by atoms with E-state index in [-0.39, 0.29) is 12.5 Å². The molecule has 2 aromatic heterocycles. The van der Waals surface area contributed by atoms with Crippen molar-refractivity contribution in [3.63, 3.8) is 0 Å². The summed E-state index contributed by atoms with van der Waals surface area (Å²) >= 11 is 11.3. The Morgan fingerprint density at radius 1 is 1.14 bits per heavy atom. The summed E-state index contributed by atoms with van der Waals surface area (Å²) in [6, 6.07) is 11.3. The zero-order chi connectivity index (χ0) is 20.2. The molecule has 0 unspecified atom stereocenters. The largest absolute Gasteiger partial charge is 0.339 e. The van der Waals surface area contributed by atoms with Crippen LogP contribution >= 0.6 is 23.8 Å². The van der Waals surface area contributed by atoms with Gasteiger partial charge >= 0.3 is 0 Å². The van der Waals surface area contributed by atoms with Crippen LogP contribution in [0.2, 0.25) is 5.02 Å². The van der Waals surface area contributed by atoms with Crippen molar-refractivity contribution in [2.45, 2.75) is 13.1 Å². The van der Waals surface area contributed by atoms with Crippen molar-refractivity contribution in [2.24, 2.45) is 0 Å². The Morgan fingerprint density at radius 2 is 1.90 bits per heavy atom. The molecule has 0 aliphatic carbocycles. The summed E-state index contributed by atoms with van der Waals surface area (Å²) in [4.78, 5) is 21.3. The summed E-state index contributed by atoms with van der Waals surface area (Å²) in [6.07, 6.45) is 3.66. The summed E-state index contributed by atoms with van der Waals surface area (Å²) < 4.78 is 2.17. The van der Waals surface area contributed by atoms with Crippen LogP contribution in [0.3, 0.4) is 0 Å². The summed E-state index contributed by atoms with van der Waals surface area (Å²) in [5.41, 5.74) is 2.04. The molecule has 1 aliphatic heterocycles. The number of pyridine rings is 1. The van der Waals surface area contributed by atoms with Crippen molar-refractivity contribution >= 4 is 29.7 Å². The lowest BCUT2D eigenvalue weighted by Crippen LogP contribution is -2.49. The highest BCUT2D eigenvalue weighted by atomic mass is 35.5. The highest BCUT2D eigenvalue weighted by molar-refractivity contribution is 7.71. The fourth-order valence-electron chi connectivity index (χ4n) is 3.42. The SMILES string of the molecule is O=C(Cn1c(-c2ccc(Cl)cc2)n[nH]c1=S)N1CCN(Cc2cccnc2)CC1. The Bertz CT molecular complexity index is 1030. The number of halogens is 1. The third-order valence-corrected chi connectivity index (χ3v) is 5.57. The summed E-state index contributed by atoms with van der Waals surface area (Å²) in [5, 5.41) is 7.73. The molecule has 0 atom stereocenters. The molecule has 3 aromatic rings. The summed E-state index contributed by atoms with van der Waals surface area (Å²) in [7, 11) is 0. The first kappa shape index (κ1) is 19.8. The molecule has 1 N–H and O–H groups in total. The minimum Gasteiger partial charge on any atom is -0.339 e. The number of carbonyl (C=O) groups excluding carboxylic acids is 1. The van der Waals surface area contributed by atoms with E-state index in [2.05, 4.69) is 26.1 Å². The van der Waals surface area contributed by atoms with Gasteiger partial charge in [-0.2, -0.15) is 5.10 Å². The first-order chi connectivity index (χ1) is 14.1. The Kier molecular flexibility index (Phi) is 6.03. The van der Waals surface area contributed by atoms with Crippen molar-refractivity contribution in [2.75, 3.05) is 26.2 Å². The average Bonchev–Trinajstić information content (AvgIpc) is 3.10.